The van der Waals surface area contributed by atoms with Gasteiger partial charge in [-0.15, -0.1) is 0 Å². The van der Waals surface area contributed by atoms with Gasteiger partial charge in [-0.25, -0.2) is 12.8 Å². The quantitative estimate of drug-likeness (QED) is 0.615. The predicted octanol–water partition coefficient (Wildman–Crippen LogP) is 2.59. The van der Waals surface area contributed by atoms with Gasteiger partial charge in [-0.2, -0.15) is 4.31 Å². The van der Waals surface area contributed by atoms with Crippen LogP contribution in [0.5, 0.6) is 0 Å². The van der Waals surface area contributed by atoms with Crippen LogP contribution in [0.25, 0.3) is 0 Å². The maximum Gasteiger partial charge on any atom is 0.244 e. The molecule has 2 aliphatic heterocycles. The first-order chi connectivity index (χ1) is 13.4. The SMILES string of the molecule is O=C(NCCCN1CCCC1)C1CCN(S(=O)(=O)c2ccc(F)cc2Br)CC1. The summed E-state index contributed by atoms with van der Waals surface area (Å²) < 4.78 is 40.4. The van der Waals surface area contributed by atoms with Gasteiger partial charge in [0.25, 0.3) is 0 Å². The fourth-order valence-electron chi connectivity index (χ4n) is 3.85. The molecule has 0 unspecified atom stereocenters. The predicted molar refractivity (Wildman–Crippen MR) is 109 cm³/mol. The Kier molecular flexibility index (Phi) is 7.47. The van der Waals surface area contributed by atoms with Crippen LogP contribution >= 0.6 is 15.9 Å². The van der Waals surface area contributed by atoms with Crippen LogP contribution in [0.3, 0.4) is 0 Å². The summed E-state index contributed by atoms with van der Waals surface area (Å²) in [5.74, 6) is -0.637. The van der Waals surface area contributed by atoms with E-state index in [1.54, 1.807) is 0 Å². The van der Waals surface area contributed by atoms with E-state index in [0.29, 0.717) is 19.4 Å². The van der Waals surface area contributed by atoms with E-state index in [4.69, 9.17) is 0 Å². The lowest BCUT2D eigenvalue weighted by Gasteiger charge is -2.30. The normalized spacial score (nSPS) is 19.8. The van der Waals surface area contributed by atoms with Crippen molar-refractivity contribution < 1.29 is 17.6 Å². The van der Waals surface area contributed by atoms with Gasteiger partial charge in [-0.3, -0.25) is 4.79 Å². The summed E-state index contributed by atoms with van der Waals surface area (Å²) in [6.45, 7) is 4.58. The van der Waals surface area contributed by atoms with Crippen molar-refractivity contribution in [3.8, 4) is 0 Å². The van der Waals surface area contributed by atoms with Gasteiger partial charge in [0, 0.05) is 30.0 Å². The van der Waals surface area contributed by atoms with E-state index >= 15 is 0 Å². The molecule has 1 aromatic carbocycles. The molecule has 0 atom stereocenters. The Morgan fingerprint density at radius 2 is 1.86 bits per heavy atom. The summed E-state index contributed by atoms with van der Waals surface area (Å²) in [5, 5.41) is 2.99. The molecule has 6 nitrogen and oxygen atoms in total. The van der Waals surface area contributed by atoms with Gasteiger partial charge in [0.1, 0.15) is 5.82 Å². The molecule has 0 bridgehead atoms. The number of benzene rings is 1. The Balaban J connectivity index is 1.46. The second-order valence-corrected chi connectivity index (χ2v) is 10.2. The second-order valence-electron chi connectivity index (χ2n) is 7.45. The number of amides is 1. The fourth-order valence-corrected chi connectivity index (χ4v) is 6.33. The topological polar surface area (TPSA) is 69.7 Å². The molecule has 2 aliphatic rings. The van der Waals surface area contributed by atoms with Gasteiger partial charge in [0.15, 0.2) is 0 Å². The van der Waals surface area contributed by atoms with Crippen LogP contribution in [0.1, 0.15) is 32.1 Å². The third kappa shape index (κ3) is 5.31. The highest BCUT2D eigenvalue weighted by molar-refractivity contribution is 9.10. The van der Waals surface area contributed by atoms with Gasteiger partial charge < -0.3 is 10.2 Å². The number of sulfonamides is 1. The molecule has 156 valence electrons. The maximum atomic E-state index is 13.2. The van der Waals surface area contributed by atoms with E-state index < -0.39 is 15.8 Å². The molecule has 0 saturated carbocycles. The first-order valence-corrected chi connectivity index (χ1v) is 12.1. The number of hydrogen-bond donors (Lipinski definition) is 1. The lowest BCUT2D eigenvalue weighted by atomic mass is 9.97. The average molecular weight is 476 g/mol. The van der Waals surface area contributed by atoms with Crippen molar-refractivity contribution in [2.45, 2.75) is 37.0 Å². The molecular formula is C19H27BrFN3O3S. The number of likely N-dealkylation sites (tertiary alicyclic amines) is 1. The van der Waals surface area contributed by atoms with Gasteiger partial charge in [-0.05, 0) is 85.9 Å². The highest BCUT2D eigenvalue weighted by atomic mass is 79.9. The second kappa shape index (κ2) is 9.65. The lowest BCUT2D eigenvalue weighted by Crippen LogP contribution is -2.43. The number of carbonyl (C=O) groups is 1. The summed E-state index contributed by atoms with van der Waals surface area (Å²) >= 11 is 3.13. The summed E-state index contributed by atoms with van der Waals surface area (Å²) in [6.07, 6.45) is 4.47. The van der Waals surface area contributed by atoms with E-state index in [9.17, 15) is 17.6 Å². The first-order valence-electron chi connectivity index (χ1n) is 9.83. The van der Waals surface area contributed by atoms with E-state index in [-0.39, 0.29) is 34.3 Å². The van der Waals surface area contributed by atoms with E-state index in [2.05, 4.69) is 26.1 Å². The fraction of sp³-hybridized carbons (Fsp3) is 0.632. The molecule has 1 N–H and O–H groups in total. The minimum absolute atomic E-state index is 0.0152. The van der Waals surface area contributed by atoms with Gasteiger partial charge in [0.05, 0.1) is 4.90 Å². The van der Waals surface area contributed by atoms with Crippen molar-refractivity contribution in [1.29, 1.82) is 0 Å². The van der Waals surface area contributed by atoms with Gasteiger partial charge >= 0.3 is 0 Å². The molecule has 0 aromatic heterocycles. The standard InChI is InChI=1S/C19H27BrFN3O3S/c20-17-14-16(21)4-5-18(17)28(26,27)24-12-6-15(7-13-24)19(25)22-8-3-11-23-9-1-2-10-23/h4-5,14-15H,1-3,6-13H2,(H,22,25). The van der Waals surface area contributed by atoms with Crippen molar-refractivity contribution in [2.75, 3.05) is 39.3 Å². The van der Waals surface area contributed by atoms with E-state index in [1.807, 2.05) is 0 Å². The van der Waals surface area contributed by atoms with Gasteiger partial charge in [0.2, 0.25) is 15.9 Å². The summed E-state index contributed by atoms with van der Waals surface area (Å²) in [7, 11) is -3.71. The Morgan fingerprint density at radius 1 is 1.18 bits per heavy atom. The third-order valence-corrected chi connectivity index (χ3v) is 8.36. The zero-order valence-corrected chi connectivity index (χ0v) is 18.3. The van der Waals surface area contributed by atoms with E-state index in [0.717, 1.165) is 38.2 Å². The molecule has 1 amide bonds. The number of nitrogens with one attached hydrogen (secondary N) is 1. The largest absolute Gasteiger partial charge is 0.356 e. The van der Waals surface area contributed by atoms with Crippen LogP contribution in [-0.4, -0.2) is 62.8 Å². The smallest absolute Gasteiger partial charge is 0.244 e. The summed E-state index contributed by atoms with van der Waals surface area (Å²) in [4.78, 5) is 14.8. The zero-order chi connectivity index (χ0) is 20.1. The molecule has 3 rings (SSSR count). The highest BCUT2D eigenvalue weighted by Crippen LogP contribution is 2.29. The molecule has 2 fully saturated rings. The number of hydrogen-bond acceptors (Lipinski definition) is 4. The molecule has 1 aromatic rings. The number of nitrogens with zero attached hydrogens (tertiary/aromatic N) is 2. The molecule has 0 spiro atoms. The lowest BCUT2D eigenvalue weighted by molar-refractivity contribution is -0.126. The van der Waals surface area contributed by atoms with Crippen molar-refractivity contribution in [2.24, 2.45) is 5.92 Å². The molecule has 2 saturated heterocycles. The number of carbonyl (C=O) groups excluding carboxylic acids is 1. The number of halogens is 2. The van der Waals surface area contributed by atoms with Gasteiger partial charge in [-0.1, -0.05) is 0 Å². The van der Waals surface area contributed by atoms with Crippen molar-refractivity contribution in [3.05, 3.63) is 28.5 Å². The monoisotopic (exact) mass is 475 g/mol. The zero-order valence-electron chi connectivity index (χ0n) is 15.9. The van der Waals surface area contributed by atoms with Crippen LogP contribution < -0.4 is 5.32 Å². The molecule has 0 radical (unpaired) electrons. The number of piperidine rings is 1. The van der Waals surface area contributed by atoms with Crippen LogP contribution in [0, 0.1) is 11.7 Å². The molecule has 28 heavy (non-hydrogen) atoms. The first kappa shape index (κ1) is 21.7. The Morgan fingerprint density at radius 3 is 2.50 bits per heavy atom. The van der Waals surface area contributed by atoms with Crippen LogP contribution in [-0.2, 0) is 14.8 Å². The third-order valence-electron chi connectivity index (χ3n) is 5.49. The minimum atomic E-state index is -3.71. The molecule has 2 heterocycles. The maximum absolute atomic E-state index is 13.2. The Bertz CT molecular complexity index is 792. The van der Waals surface area contributed by atoms with Crippen LogP contribution in [0.2, 0.25) is 0 Å². The van der Waals surface area contributed by atoms with Crippen molar-refractivity contribution >= 4 is 31.9 Å². The average Bonchev–Trinajstić information content (AvgIpc) is 3.18. The molecule has 0 aliphatic carbocycles. The van der Waals surface area contributed by atoms with Crippen LogP contribution in [0.4, 0.5) is 4.39 Å². The highest BCUT2D eigenvalue weighted by Gasteiger charge is 2.33. The van der Waals surface area contributed by atoms with Crippen molar-refractivity contribution in [1.82, 2.24) is 14.5 Å². The minimum Gasteiger partial charge on any atom is -0.356 e. The Labute approximate surface area is 174 Å². The summed E-state index contributed by atoms with van der Waals surface area (Å²) in [6, 6.07) is 3.56. The van der Waals surface area contributed by atoms with Crippen LogP contribution in [0.15, 0.2) is 27.6 Å². The van der Waals surface area contributed by atoms with E-state index in [1.165, 1.54) is 23.2 Å². The molecular weight excluding hydrogens is 449 g/mol. The number of rotatable bonds is 7. The van der Waals surface area contributed by atoms with Crippen molar-refractivity contribution in [3.63, 3.8) is 0 Å². The molecule has 9 heteroatoms. The summed E-state index contributed by atoms with van der Waals surface area (Å²) in [5.41, 5.74) is 0. The Hall–Kier alpha value is -1.03.